The number of carbonyl (C=O) groups is 1. The highest BCUT2D eigenvalue weighted by Gasteiger charge is 2.13. The van der Waals surface area contributed by atoms with Gasteiger partial charge in [-0.3, -0.25) is 10.1 Å². The number of guanidine groups is 1. The molecule has 1 aromatic carbocycles. The molecule has 0 saturated heterocycles. The van der Waals surface area contributed by atoms with Crippen LogP contribution in [0.3, 0.4) is 0 Å². The molecule has 1 amide bonds. The molecule has 11 heteroatoms. The van der Waals surface area contributed by atoms with Gasteiger partial charge in [0.1, 0.15) is 5.69 Å². The molecule has 0 aliphatic carbocycles. The molecular weight excluding hydrogens is 379 g/mol. The van der Waals surface area contributed by atoms with E-state index in [4.69, 9.17) is 23.1 Å². The molecule has 120 valence electrons. The SMILES string of the molecule is Cl.NC(N)=Nc1nc(C(=O)Nc2nc3ccc(Cl)cc3s2)cs1. The summed E-state index contributed by atoms with van der Waals surface area (Å²) in [6.45, 7) is 0. The van der Waals surface area contributed by atoms with Gasteiger partial charge in [0.2, 0.25) is 5.13 Å². The molecule has 0 spiro atoms. The van der Waals surface area contributed by atoms with Gasteiger partial charge >= 0.3 is 0 Å². The number of rotatable bonds is 3. The van der Waals surface area contributed by atoms with Gasteiger partial charge in [0.25, 0.3) is 5.91 Å². The van der Waals surface area contributed by atoms with Crippen LogP contribution in [-0.4, -0.2) is 21.8 Å². The van der Waals surface area contributed by atoms with E-state index in [9.17, 15) is 4.79 Å². The summed E-state index contributed by atoms with van der Waals surface area (Å²) in [7, 11) is 0. The first-order valence-corrected chi connectivity index (χ1v) is 8.01. The van der Waals surface area contributed by atoms with Crippen molar-refractivity contribution in [2.45, 2.75) is 0 Å². The van der Waals surface area contributed by atoms with Crippen LogP contribution >= 0.6 is 46.7 Å². The minimum absolute atomic E-state index is 0. The van der Waals surface area contributed by atoms with Crippen LogP contribution in [-0.2, 0) is 0 Å². The number of halogens is 2. The summed E-state index contributed by atoms with van der Waals surface area (Å²) in [6, 6.07) is 5.34. The maximum atomic E-state index is 12.1. The van der Waals surface area contributed by atoms with Crippen molar-refractivity contribution in [2.24, 2.45) is 16.5 Å². The molecule has 0 atom stereocenters. The molecule has 0 radical (unpaired) electrons. The van der Waals surface area contributed by atoms with E-state index in [1.54, 1.807) is 23.6 Å². The smallest absolute Gasteiger partial charge is 0.276 e. The third kappa shape index (κ3) is 4.08. The normalized spacial score (nSPS) is 10.1. The molecule has 23 heavy (non-hydrogen) atoms. The fourth-order valence-corrected chi connectivity index (χ4v) is 3.47. The Morgan fingerprint density at radius 1 is 1.30 bits per heavy atom. The van der Waals surface area contributed by atoms with Crippen LogP contribution in [0.4, 0.5) is 10.3 Å². The lowest BCUT2D eigenvalue weighted by Crippen LogP contribution is -2.21. The summed E-state index contributed by atoms with van der Waals surface area (Å²) < 4.78 is 0.891. The molecule has 7 nitrogen and oxygen atoms in total. The van der Waals surface area contributed by atoms with Gasteiger partial charge in [-0.2, -0.15) is 4.99 Å². The number of anilines is 1. The lowest BCUT2D eigenvalue weighted by Gasteiger charge is -1.96. The Morgan fingerprint density at radius 2 is 2.09 bits per heavy atom. The first-order valence-electron chi connectivity index (χ1n) is 5.94. The molecule has 0 aliphatic rings. The van der Waals surface area contributed by atoms with Crippen LogP contribution in [0, 0.1) is 0 Å². The van der Waals surface area contributed by atoms with Gasteiger partial charge in [-0.15, -0.1) is 23.7 Å². The van der Waals surface area contributed by atoms with Crippen LogP contribution < -0.4 is 16.8 Å². The average molecular weight is 389 g/mol. The highest BCUT2D eigenvalue weighted by Crippen LogP contribution is 2.28. The Labute approximate surface area is 149 Å². The number of benzene rings is 1. The standard InChI is InChI=1S/C12H9ClN6OS2.ClH/c13-5-1-2-6-8(3-5)22-12(16-6)18-9(20)7-4-21-11(17-7)19-10(14)15;/h1-4H,(H,16,18,20)(H4,14,15,17,19);1H. The maximum absolute atomic E-state index is 12.1. The quantitative estimate of drug-likeness (QED) is 0.470. The van der Waals surface area contributed by atoms with Gasteiger partial charge in [0.05, 0.1) is 10.2 Å². The second kappa shape index (κ2) is 7.09. The molecule has 0 fully saturated rings. The molecule has 0 aliphatic heterocycles. The van der Waals surface area contributed by atoms with Crippen molar-refractivity contribution < 1.29 is 4.79 Å². The molecule has 2 heterocycles. The van der Waals surface area contributed by atoms with Gasteiger partial charge < -0.3 is 11.5 Å². The predicted molar refractivity (Wildman–Crippen MR) is 97.4 cm³/mol. The summed E-state index contributed by atoms with van der Waals surface area (Å²) in [6.07, 6.45) is 0. The molecular formula is C12H10Cl2N6OS2. The summed E-state index contributed by atoms with van der Waals surface area (Å²) in [4.78, 5) is 24.2. The summed E-state index contributed by atoms with van der Waals surface area (Å²) >= 11 is 8.43. The summed E-state index contributed by atoms with van der Waals surface area (Å²) in [5.41, 5.74) is 11.5. The Balaban J connectivity index is 0.00000192. The van der Waals surface area contributed by atoms with E-state index in [2.05, 4.69) is 20.3 Å². The number of carbonyl (C=O) groups excluding carboxylic acids is 1. The van der Waals surface area contributed by atoms with Crippen molar-refractivity contribution in [3.05, 3.63) is 34.3 Å². The van der Waals surface area contributed by atoms with Crippen LogP contribution in [0.25, 0.3) is 10.2 Å². The number of fused-ring (bicyclic) bond motifs is 1. The molecule has 0 saturated carbocycles. The van der Waals surface area contributed by atoms with Crippen LogP contribution in [0.5, 0.6) is 0 Å². The van der Waals surface area contributed by atoms with E-state index >= 15 is 0 Å². The van der Waals surface area contributed by atoms with Crippen molar-refractivity contribution >= 4 is 79.0 Å². The van der Waals surface area contributed by atoms with Crippen molar-refractivity contribution in [3.63, 3.8) is 0 Å². The van der Waals surface area contributed by atoms with E-state index in [0.717, 1.165) is 10.2 Å². The van der Waals surface area contributed by atoms with Gasteiger partial charge in [0, 0.05) is 10.4 Å². The number of nitrogens with one attached hydrogen (secondary N) is 1. The zero-order chi connectivity index (χ0) is 15.7. The molecule has 3 aromatic rings. The number of aromatic nitrogens is 2. The maximum Gasteiger partial charge on any atom is 0.276 e. The van der Waals surface area contributed by atoms with Crippen LogP contribution in [0.15, 0.2) is 28.6 Å². The second-order valence-electron chi connectivity index (χ2n) is 4.14. The largest absolute Gasteiger partial charge is 0.370 e. The Kier molecular flexibility index (Phi) is 5.37. The first-order chi connectivity index (χ1) is 10.5. The lowest BCUT2D eigenvalue weighted by atomic mass is 10.3. The number of nitrogens with two attached hydrogens (primary N) is 2. The monoisotopic (exact) mass is 388 g/mol. The van der Waals surface area contributed by atoms with E-state index in [-0.39, 0.29) is 30.0 Å². The minimum atomic E-state index is -0.376. The fraction of sp³-hybridized carbons (Fsp3) is 0. The predicted octanol–water partition coefficient (Wildman–Crippen LogP) is 2.99. The zero-order valence-electron chi connectivity index (χ0n) is 11.3. The molecule has 2 aromatic heterocycles. The molecule has 0 bridgehead atoms. The number of hydrogen-bond acceptors (Lipinski definition) is 6. The fourth-order valence-electron chi connectivity index (χ4n) is 1.64. The first kappa shape index (κ1) is 17.4. The highest BCUT2D eigenvalue weighted by atomic mass is 35.5. The Bertz CT molecular complexity index is 887. The molecule has 0 unspecified atom stereocenters. The van der Waals surface area contributed by atoms with Crippen molar-refractivity contribution in [1.29, 1.82) is 0 Å². The summed E-state index contributed by atoms with van der Waals surface area (Å²) in [5, 5.41) is 5.68. The number of thiazole rings is 2. The van der Waals surface area contributed by atoms with Gasteiger partial charge in [-0.1, -0.05) is 22.9 Å². The van der Waals surface area contributed by atoms with Crippen LogP contribution in [0.2, 0.25) is 5.02 Å². The zero-order valence-corrected chi connectivity index (χ0v) is 14.5. The number of hydrogen-bond donors (Lipinski definition) is 3. The van der Waals surface area contributed by atoms with Gasteiger partial charge in [-0.25, -0.2) is 9.97 Å². The van der Waals surface area contributed by atoms with Gasteiger partial charge in [-0.05, 0) is 18.2 Å². The number of amides is 1. The number of nitrogens with zero attached hydrogens (tertiary/aromatic N) is 3. The molecule has 5 N–H and O–H groups in total. The number of aliphatic imine (C=N–C) groups is 1. The lowest BCUT2D eigenvalue weighted by molar-refractivity contribution is 0.102. The molecule has 3 rings (SSSR count). The van der Waals surface area contributed by atoms with Crippen LogP contribution in [0.1, 0.15) is 10.5 Å². The summed E-state index contributed by atoms with van der Waals surface area (Å²) in [5.74, 6) is -0.484. The van der Waals surface area contributed by atoms with Crippen molar-refractivity contribution in [2.75, 3.05) is 5.32 Å². The third-order valence-corrected chi connectivity index (χ3v) is 4.42. The Hall–Kier alpha value is -1.94. The van der Waals surface area contributed by atoms with Crippen molar-refractivity contribution in [3.8, 4) is 0 Å². The minimum Gasteiger partial charge on any atom is -0.370 e. The average Bonchev–Trinajstić information content (AvgIpc) is 3.03. The highest BCUT2D eigenvalue weighted by molar-refractivity contribution is 7.22. The van der Waals surface area contributed by atoms with E-state index in [1.807, 2.05) is 0 Å². The van der Waals surface area contributed by atoms with E-state index in [1.165, 1.54) is 22.7 Å². The van der Waals surface area contributed by atoms with Gasteiger partial charge in [0.15, 0.2) is 11.1 Å². The van der Waals surface area contributed by atoms with E-state index in [0.29, 0.717) is 15.3 Å². The van der Waals surface area contributed by atoms with E-state index < -0.39 is 0 Å². The topological polar surface area (TPSA) is 119 Å². The van der Waals surface area contributed by atoms with Crippen molar-refractivity contribution in [1.82, 2.24) is 9.97 Å². The Morgan fingerprint density at radius 3 is 2.83 bits per heavy atom. The third-order valence-electron chi connectivity index (χ3n) is 2.52. The second-order valence-corrected chi connectivity index (χ2v) is 6.44.